The molecule has 0 bridgehead atoms. The summed E-state index contributed by atoms with van der Waals surface area (Å²) in [5.41, 5.74) is 0.589. The van der Waals surface area contributed by atoms with Gasteiger partial charge in [0.2, 0.25) is 11.7 Å². The van der Waals surface area contributed by atoms with Crippen molar-refractivity contribution in [3.8, 4) is 17.2 Å². The molecule has 1 aliphatic heterocycles. The van der Waals surface area contributed by atoms with Gasteiger partial charge in [-0.2, -0.15) is 4.98 Å². The molecule has 12 nitrogen and oxygen atoms in total. The summed E-state index contributed by atoms with van der Waals surface area (Å²) in [6.45, 7) is 0.324. The topological polar surface area (TPSA) is 147 Å². The van der Waals surface area contributed by atoms with Crippen molar-refractivity contribution in [2.75, 3.05) is 51.2 Å². The normalized spacial score (nSPS) is 15.9. The van der Waals surface area contributed by atoms with Crippen LogP contribution in [-0.2, 0) is 4.79 Å². The Kier molecular flexibility index (Phi) is 6.48. The Balaban J connectivity index is 1.83. The number of carboxylic acids is 1. The van der Waals surface area contributed by atoms with Gasteiger partial charge in [0.05, 0.1) is 27.9 Å². The average Bonchev–Trinajstić information content (AvgIpc) is 2.77. The van der Waals surface area contributed by atoms with E-state index in [1.807, 2.05) is 0 Å². The third-order valence-electron chi connectivity index (χ3n) is 4.80. The minimum absolute atomic E-state index is 0.0255. The van der Waals surface area contributed by atoms with Crippen LogP contribution in [0.2, 0.25) is 0 Å². The number of rotatable bonds is 7. The zero-order valence-corrected chi connectivity index (χ0v) is 17.2. The summed E-state index contributed by atoms with van der Waals surface area (Å²) >= 11 is 0. The third kappa shape index (κ3) is 4.63. The van der Waals surface area contributed by atoms with E-state index in [4.69, 9.17) is 14.2 Å². The number of benzene rings is 1. The van der Waals surface area contributed by atoms with Gasteiger partial charge in [0.15, 0.2) is 11.5 Å². The van der Waals surface area contributed by atoms with Crippen LogP contribution in [0.3, 0.4) is 0 Å². The van der Waals surface area contributed by atoms with Gasteiger partial charge in [-0.05, 0) is 6.07 Å². The minimum atomic E-state index is -1.26. The molecule has 1 aliphatic rings. The lowest BCUT2D eigenvalue weighted by Crippen LogP contribution is -2.58. The van der Waals surface area contributed by atoms with Crippen molar-refractivity contribution in [3.63, 3.8) is 0 Å². The number of carbonyl (C=O) groups is 2. The van der Waals surface area contributed by atoms with Crippen LogP contribution in [0.5, 0.6) is 17.2 Å². The van der Waals surface area contributed by atoms with Gasteiger partial charge in [-0.25, -0.2) is 14.6 Å². The largest absolute Gasteiger partial charge is 0.493 e. The molecule has 1 amide bonds. The van der Waals surface area contributed by atoms with Crippen molar-refractivity contribution in [1.82, 2.24) is 14.9 Å². The van der Waals surface area contributed by atoms with Crippen LogP contribution in [0.1, 0.15) is 0 Å². The Morgan fingerprint density at radius 3 is 2.32 bits per heavy atom. The molecule has 0 spiro atoms. The summed E-state index contributed by atoms with van der Waals surface area (Å²) in [4.78, 5) is 34.1. The lowest BCUT2D eigenvalue weighted by Gasteiger charge is -2.38. The highest BCUT2D eigenvalue weighted by molar-refractivity contribution is 5.80. The monoisotopic (exact) mass is 433 g/mol. The first-order chi connectivity index (χ1) is 14.9. The second-order valence-corrected chi connectivity index (χ2v) is 6.55. The molecule has 2 heterocycles. The van der Waals surface area contributed by atoms with Gasteiger partial charge < -0.3 is 34.6 Å². The van der Waals surface area contributed by atoms with E-state index in [9.17, 15) is 19.8 Å². The standard InChI is InChI=1S/C19H23N5O7/c1-29-13-8-11(9-14(30-2)16(13)31-3)21-18-20-5-4-15(22-18)23-6-7-24(19(27)28)12(10-23)17(25)26/h4-5,8-9,12H,6-7,10H2,1-3H3,(H,25,26)(H,27,28)(H,20,21,22). The number of aliphatic carboxylic acids is 1. The molecule has 2 aromatic rings. The van der Waals surface area contributed by atoms with E-state index in [0.29, 0.717) is 35.3 Å². The van der Waals surface area contributed by atoms with E-state index in [1.165, 1.54) is 27.5 Å². The van der Waals surface area contributed by atoms with Crippen molar-refractivity contribution >= 4 is 29.5 Å². The van der Waals surface area contributed by atoms with Gasteiger partial charge in [-0.15, -0.1) is 0 Å². The van der Waals surface area contributed by atoms with Gasteiger partial charge >= 0.3 is 12.1 Å². The molecule has 3 rings (SSSR count). The molecule has 166 valence electrons. The molecule has 1 saturated heterocycles. The Labute approximate surface area is 178 Å². The molecule has 0 saturated carbocycles. The fourth-order valence-corrected chi connectivity index (χ4v) is 3.30. The first-order valence-electron chi connectivity index (χ1n) is 9.25. The Hall–Kier alpha value is -3.96. The summed E-state index contributed by atoms with van der Waals surface area (Å²) in [5, 5.41) is 21.7. The number of carboxylic acid groups (broad SMARTS) is 2. The number of methoxy groups -OCH3 is 3. The van der Waals surface area contributed by atoms with E-state index < -0.39 is 18.1 Å². The predicted octanol–water partition coefficient (Wildman–Crippen LogP) is 1.50. The molecule has 1 fully saturated rings. The number of aromatic nitrogens is 2. The Morgan fingerprint density at radius 2 is 1.77 bits per heavy atom. The average molecular weight is 433 g/mol. The first-order valence-corrected chi connectivity index (χ1v) is 9.25. The van der Waals surface area contributed by atoms with E-state index in [2.05, 4.69) is 15.3 Å². The lowest BCUT2D eigenvalue weighted by atomic mass is 10.2. The minimum Gasteiger partial charge on any atom is -0.493 e. The van der Waals surface area contributed by atoms with Crippen molar-refractivity contribution in [2.45, 2.75) is 6.04 Å². The molecule has 1 atom stereocenters. The smallest absolute Gasteiger partial charge is 0.408 e. The van der Waals surface area contributed by atoms with Crippen molar-refractivity contribution < 1.29 is 34.0 Å². The first kappa shape index (κ1) is 21.7. The fourth-order valence-electron chi connectivity index (χ4n) is 3.30. The zero-order chi connectivity index (χ0) is 22.5. The molecule has 12 heteroatoms. The number of nitrogens with zero attached hydrogens (tertiary/aromatic N) is 4. The quantitative estimate of drug-likeness (QED) is 0.583. The summed E-state index contributed by atoms with van der Waals surface area (Å²) in [6, 6.07) is 3.84. The predicted molar refractivity (Wildman–Crippen MR) is 110 cm³/mol. The van der Waals surface area contributed by atoms with Crippen LogP contribution < -0.4 is 24.4 Å². The van der Waals surface area contributed by atoms with Crippen LogP contribution >= 0.6 is 0 Å². The highest BCUT2D eigenvalue weighted by Crippen LogP contribution is 2.40. The van der Waals surface area contributed by atoms with Crippen LogP contribution in [0.15, 0.2) is 24.4 Å². The number of hydrogen-bond acceptors (Lipinski definition) is 9. The maximum atomic E-state index is 11.5. The van der Waals surface area contributed by atoms with Crippen LogP contribution in [0, 0.1) is 0 Å². The summed E-state index contributed by atoms with van der Waals surface area (Å²) in [5.74, 6) is 0.878. The molecular weight excluding hydrogens is 410 g/mol. The molecule has 0 radical (unpaired) electrons. The lowest BCUT2D eigenvalue weighted by molar-refractivity contribution is -0.142. The number of amides is 1. The van der Waals surface area contributed by atoms with Crippen LogP contribution in [0.25, 0.3) is 0 Å². The van der Waals surface area contributed by atoms with Crippen molar-refractivity contribution in [2.24, 2.45) is 0 Å². The van der Waals surface area contributed by atoms with E-state index >= 15 is 0 Å². The van der Waals surface area contributed by atoms with Gasteiger partial charge in [-0.3, -0.25) is 4.90 Å². The van der Waals surface area contributed by atoms with Crippen molar-refractivity contribution in [3.05, 3.63) is 24.4 Å². The number of piperazine rings is 1. The highest BCUT2D eigenvalue weighted by atomic mass is 16.5. The van der Waals surface area contributed by atoms with Gasteiger partial charge in [0.25, 0.3) is 0 Å². The van der Waals surface area contributed by atoms with Gasteiger partial charge in [0.1, 0.15) is 11.9 Å². The molecule has 1 aromatic heterocycles. The molecule has 0 aliphatic carbocycles. The maximum absolute atomic E-state index is 11.5. The summed E-state index contributed by atoms with van der Waals surface area (Å²) < 4.78 is 16.0. The molecule has 3 N–H and O–H groups in total. The second-order valence-electron chi connectivity index (χ2n) is 6.55. The number of hydrogen-bond donors (Lipinski definition) is 3. The molecular formula is C19H23N5O7. The maximum Gasteiger partial charge on any atom is 0.408 e. The van der Waals surface area contributed by atoms with E-state index in [-0.39, 0.29) is 19.0 Å². The number of nitrogens with one attached hydrogen (secondary N) is 1. The number of anilines is 3. The Morgan fingerprint density at radius 1 is 1.10 bits per heavy atom. The van der Waals surface area contributed by atoms with E-state index in [1.54, 1.807) is 23.1 Å². The van der Waals surface area contributed by atoms with E-state index in [0.717, 1.165) is 4.90 Å². The summed E-state index contributed by atoms with van der Waals surface area (Å²) in [7, 11) is 4.52. The van der Waals surface area contributed by atoms with Gasteiger partial charge in [-0.1, -0.05) is 0 Å². The SMILES string of the molecule is COc1cc(Nc2nccc(N3CCN(C(=O)O)C(C(=O)O)C3)n2)cc(OC)c1OC. The third-order valence-corrected chi connectivity index (χ3v) is 4.80. The molecule has 1 unspecified atom stereocenters. The van der Waals surface area contributed by atoms with Crippen molar-refractivity contribution in [1.29, 1.82) is 0 Å². The van der Waals surface area contributed by atoms with Crippen LogP contribution in [-0.4, -0.2) is 84.1 Å². The Bertz CT molecular complexity index is 945. The fraction of sp³-hybridized carbons (Fsp3) is 0.368. The number of ether oxygens (including phenoxy) is 3. The van der Waals surface area contributed by atoms with Gasteiger partial charge in [0, 0.05) is 37.1 Å². The molecule has 31 heavy (non-hydrogen) atoms. The molecule has 1 aromatic carbocycles. The zero-order valence-electron chi connectivity index (χ0n) is 17.2. The summed E-state index contributed by atoms with van der Waals surface area (Å²) in [6.07, 6.45) is 0.265. The van der Waals surface area contributed by atoms with Crippen LogP contribution in [0.4, 0.5) is 22.2 Å². The second kappa shape index (κ2) is 9.24. The highest BCUT2D eigenvalue weighted by Gasteiger charge is 2.35.